The van der Waals surface area contributed by atoms with Crippen LogP contribution in [0, 0.1) is 0 Å². The molecule has 0 aliphatic carbocycles. The zero-order valence-electron chi connectivity index (χ0n) is 15.2. The fourth-order valence-electron chi connectivity index (χ4n) is 2.35. The van der Waals surface area contributed by atoms with Gasteiger partial charge in [0.15, 0.2) is 11.8 Å². The number of aromatic nitrogens is 2. The van der Waals surface area contributed by atoms with Gasteiger partial charge in [-0.05, 0) is 38.6 Å². The summed E-state index contributed by atoms with van der Waals surface area (Å²) < 4.78 is 0. The van der Waals surface area contributed by atoms with Gasteiger partial charge in [-0.1, -0.05) is 0 Å². The molecule has 1 aromatic rings. The lowest BCUT2D eigenvalue weighted by molar-refractivity contribution is -0.125. The number of aldehydes is 1. The molecule has 0 aliphatic rings. The molecular formula is C16H28N8O3. The van der Waals surface area contributed by atoms with E-state index in [1.165, 1.54) is 12.4 Å². The van der Waals surface area contributed by atoms with E-state index >= 15 is 0 Å². The normalized spacial score (nSPS) is 12.6. The van der Waals surface area contributed by atoms with Crippen molar-refractivity contribution in [2.24, 2.45) is 22.2 Å². The van der Waals surface area contributed by atoms with E-state index in [0.29, 0.717) is 45.1 Å². The van der Waals surface area contributed by atoms with Gasteiger partial charge in [0.2, 0.25) is 5.91 Å². The molecule has 1 heterocycles. The van der Waals surface area contributed by atoms with Gasteiger partial charge in [-0.2, -0.15) is 0 Å². The SMILES string of the molecule is NCCCC[C@H](NC(=O)c1ncc[nH]1)C(=O)NC(C=O)CCCN=C(N)N. The lowest BCUT2D eigenvalue weighted by Gasteiger charge is -2.20. The molecule has 11 heteroatoms. The van der Waals surface area contributed by atoms with Gasteiger partial charge in [-0.3, -0.25) is 14.6 Å². The van der Waals surface area contributed by atoms with Crippen molar-refractivity contribution in [2.75, 3.05) is 13.1 Å². The number of amides is 2. The van der Waals surface area contributed by atoms with Crippen LogP contribution in [0.2, 0.25) is 0 Å². The highest BCUT2D eigenvalue weighted by Gasteiger charge is 2.24. The van der Waals surface area contributed by atoms with Crippen LogP contribution in [-0.2, 0) is 9.59 Å². The number of aliphatic imine (C=N–C) groups is 1. The first-order valence-electron chi connectivity index (χ1n) is 8.79. The largest absolute Gasteiger partial charge is 0.370 e. The zero-order chi connectivity index (χ0) is 20.1. The van der Waals surface area contributed by atoms with E-state index in [1.54, 1.807) is 0 Å². The van der Waals surface area contributed by atoms with Crippen LogP contribution in [0.15, 0.2) is 17.4 Å². The molecule has 0 fully saturated rings. The predicted octanol–water partition coefficient (Wildman–Crippen LogP) is -1.63. The number of imidazole rings is 1. The minimum absolute atomic E-state index is 0.0257. The van der Waals surface area contributed by atoms with E-state index in [2.05, 4.69) is 25.6 Å². The Kier molecular flexibility index (Phi) is 10.2. The summed E-state index contributed by atoms with van der Waals surface area (Å²) in [4.78, 5) is 46.3. The number of guanidine groups is 1. The molecule has 1 rings (SSSR count). The first-order valence-corrected chi connectivity index (χ1v) is 8.79. The molecule has 27 heavy (non-hydrogen) atoms. The highest BCUT2D eigenvalue weighted by atomic mass is 16.2. The highest BCUT2D eigenvalue weighted by molar-refractivity contribution is 5.95. The molecular weight excluding hydrogens is 352 g/mol. The van der Waals surface area contributed by atoms with E-state index in [-0.39, 0.29) is 11.8 Å². The Morgan fingerprint density at radius 2 is 2.00 bits per heavy atom. The van der Waals surface area contributed by atoms with E-state index < -0.39 is 23.9 Å². The molecule has 9 N–H and O–H groups in total. The second-order valence-electron chi connectivity index (χ2n) is 5.95. The molecule has 0 bridgehead atoms. The maximum atomic E-state index is 12.5. The van der Waals surface area contributed by atoms with Crippen molar-refractivity contribution in [1.82, 2.24) is 20.6 Å². The number of H-pyrrole nitrogens is 1. The van der Waals surface area contributed by atoms with Crippen molar-refractivity contribution in [3.05, 3.63) is 18.2 Å². The lowest BCUT2D eigenvalue weighted by atomic mass is 10.1. The number of aromatic amines is 1. The number of nitrogens with one attached hydrogen (secondary N) is 3. The molecule has 1 aromatic heterocycles. The number of nitrogens with two attached hydrogens (primary N) is 3. The van der Waals surface area contributed by atoms with Crippen LogP contribution in [-0.4, -0.2) is 59.2 Å². The maximum absolute atomic E-state index is 12.5. The molecule has 150 valence electrons. The minimum atomic E-state index is -0.797. The van der Waals surface area contributed by atoms with Gasteiger partial charge in [0.05, 0.1) is 6.04 Å². The fourth-order valence-corrected chi connectivity index (χ4v) is 2.35. The summed E-state index contributed by atoms with van der Waals surface area (Å²) in [5, 5.41) is 5.27. The number of hydrogen-bond acceptors (Lipinski definition) is 6. The topological polar surface area (TPSA) is 194 Å². The van der Waals surface area contributed by atoms with Crippen LogP contribution in [0.5, 0.6) is 0 Å². The standard InChI is InChI=1S/C16H28N8O3/c17-6-2-1-5-12(24-15(27)13-20-8-9-21-13)14(26)23-11(10-25)4-3-7-22-16(18)19/h8-12H,1-7,17H2,(H,20,21)(H,23,26)(H,24,27)(H4,18,19,22)/t11?,12-/m0/s1. The van der Waals surface area contributed by atoms with Crippen LogP contribution in [0.4, 0.5) is 0 Å². The summed E-state index contributed by atoms with van der Waals surface area (Å²) >= 11 is 0. The van der Waals surface area contributed by atoms with E-state index in [9.17, 15) is 14.4 Å². The summed E-state index contributed by atoms with van der Waals surface area (Å²) in [6, 6.07) is -1.49. The van der Waals surface area contributed by atoms with Gasteiger partial charge in [0.25, 0.3) is 5.91 Å². The second kappa shape index (κ2) is 12.4. The molecule has 2 atom stereocenters. The van der Waals surface area contributed by atoms with Crippen molar-refractivity contribution < 1.29 is 14.4 Å². The number of unbranched alkanes of at least 4 members (excludes halogenated alkanes) is 1. The van der Waals surface area contributed by atoms with Gasteiger partial charge >= 0.3 is 0 Å². The highest BCUT2D eigenvalue weighted by Crippen LogP contribution is 2.04. The van der Waals surface area contributed by atoms with Crippen LogP contribution in [0.3, 0.4) is 0 Å². The van der Waals surface area contributed by atoms with Crippen molar-refractivity contribution in [2.45, 2.75) is 44.2 Å². The zero-order valence-corrected chi connectivity index (χ0v) is 15.2. The average molecular weight is 380 g/mol. The lowest BCUT2D eigenvalue weighted by Crippen LogP contribution is -2.50. The van der Waals surface area contributed by atoms with Crippen LogP contribution in [0.1, 0.15) is 42.7 Å². The fraction of sp³-hybridized carbons (Fsp3) is 0.562. The third kappa shape index (κ3) is 8.81. The Balaban J connectivity index is 2.62. The molecule has 0 saturated heterocycles. The Bertz CT molecular complexity index is 613. The third-order valence-corrected chi connectivity index (χ3v) is 3.74. The molecule has 0 radical (unpaired) electrons. The number of hydrogen-bond donors (Lipinski definition) is 6. The van der Waals surface area contributed by atoms with Crippen molar-refractivity contribution >= 4 is 24.1 Å². The molecule has 0 saturated carbocycles. The molecule has 1 unspecified atom stereocenters. The molecule has 2 amide bonds. The van der Waals surface area contributed by atoms with E-state index in [1.807, 2.05) is 0 Å². The van der Waals surface area contributed by atoms with Crippen molar-refractivity contribution in [3.63, 3.8) is 0 Å². The number of carbonyl (C=O) groups excluding carboxylic acids is 3. The Labute approximate surface area is 157 Å². The second-order valence-corrected chi connectivity index (χ2v) is 5.95. The first kappa shape index (κ1) is 22.1. The monoisotopic (exact) mass is 380 g/mol. The summed E-state index contributed by atoms with van der Waals surface area (Å²) in [6.45, 7) is 0.847. The third-order valence-electron chi connectivity index (χ3n) is 3.74. The minimum Gasteiger partial charge on any atom is -0.370 e. The Morgan fingerprint density at radius 3 is 2.59 bits per heavy atom. The van der Waals surface area contributed by atoms with Gasteiger partial charge in [-0.25, -0.2) is 4.98 Å². The summed E-state index contributed by atoms with van der Waals surface area (Å²) in [7, 11) is 0. The van der Waals surface area contributed by atoms with Gasteiger partial charge < -0.3 is 37.6 Å². The number of nitrogens with zero attached hydrogens (tertiary/aromatic N) is 2. The van der Waals surface area contributed by atoms with Gasteiger partial charge in [0, 0.05) is 18.9 Å². The maximum Gasteiger partial charge on any atom is 0.287 e. The van der Waals surface area contributed by atoms with Crippen LogP contribution >= 0.6 is 0 Å². The van der Waals surface area contributed by atoms with Crippen molar-refractivity contribution in [3.8, 4) is 0 Å². The number of carbonyl (C=O) groups is 3. The summed E-state index contributed by atoms with van der Waals surface area (Å²) in [5.41, 5.74) is 16.0. The first-order chi connectivity index (χ1) is 13.0. The van der Waals surface area contributed by atoms with Crippen LogP contribution in [0.25, 0.3) is 0 Å². The Morgan fingerprint density at radius 1 is 1.22 bits per heavy atom. The molecule has 0 aliphatic heterocycles. The van der Waals surface area contributed by atoms with Crippen molar-refractivity contribution in [1.29, 1.82) is 0 Å². The summed E-state index contributed by atoms with van der Waals surface area (Å²) in [5.74, 6) is -0.854. The van der Waals surface area contributed by atoms with Crippen LogP contribution < -0.4 is 27.8 Å². The van der Waals surface area contributed by atoms with Gasteiger partial charge in [-0.15, -0.1) is 0 Å². The number of rotatable bonds is 13. The molecule has 11 nitrogen and oxygen atoms in total. The average Bonchev–Trinajstić information content (AvgIpc) is 3.18. The predicted molar refractivity (Wildman–Crippen MR) is 101 cm³/mol. The molecule has 0 aromatic carbocycles. The quantitative estimate of drug-likeness (QED) is 0.102. The summed E-state index contributed by atoms with van der Waals surface area (Å²) in [6.07, 6.45) is 6.29. The van der Waals surface area contributed by atoms with Gasteiger partial charge in [0.1, 0.15) is 12.3 Å². The smallest absolute Gasteiger partial charge is 0.287 e. The van der Waals surface area contributed by atoms with E-state index in [0.717, 1.165) is 6.42 Å². The Hall–Kier alpha value is -2.95. The molecule has 0 spiro atoms. The van der Waals surface area contributed by atoms with E-state index in [4.69, 9.17) is 17.2 Å².